The molecule has 0 bridgehead atoms. The van der Waals surface area contributed by atoms with E-state index in [-0.39, 0.29) is 25.2 Å². The van der Waals surface area contributed by atoms with E-state index in [1.807, 2.05) is 0 Å². The van der Waals surface area contributed by atoms with Crippen molar-refractivity contribution in [2.24, 2.45) is 0 Å². The number of allylic oxidation sites excluding steroid dienone is 22. The van der Waals surface area contributed by atoms with Crippen molar-refractivity contribution in [2.45, 2.75) is 277 Å². The van der Waals surface area contributed by atoms with Gasteiger partial charge in [-0.25, -0.2) is 0 Å². The van der Waals surface area contributed by atoms with Crippen molar-refractivity contribution in [3.63, 3.8) is 0 Å². The normalized spacial score (nSPS) is 13.2. The fraction of sp³-hybridized carbons (Fsp3) is 0.652. The van der Waals surface area contributed by atoms with Crippen LogP contribution in [0.1, 0.15) is 271 Å². The first-order valence-electron chi connectivity index (χ1n) is 30.7. The topological polar surface area (TPSA) is 72.8 Å². The quantitative estimate of drug-likeness (QED) is 0.0373. The van der Waals surface area contributed by atoms with Crippen LogP contribution < -0.4 is 0 Å². The zero-order chi connectivity index (χ0) is 53.4. The molecule has 420 valence electrons. The summed E-state index contributed by atoms with van der Waals surface area (Å²) in [5.74, 6) is -0.606. The van der Waals surface area contributed by atoms with E-state index in [1.165, 1.54) is 135 Å². The standard InChI is InChI=1S/C69H114O5/c1-3-5-7-9-11-13-15-17-19-21-23-25-27-29-30-31-32-33-34-35-36-37-38-40-42-44-46-48-50-52-54-56-58-60-62-64-69(72)74-67(65-70)66-73-68(71)63-61-59-57-55-53-51-49-47-45-43-41-39-28-26-24-22-20-18-16-14-12-10-8-6-4-2/h5,7,11,13,16-19,22-25,29-30,32-33,35-36,38,40,44,46,67,70H,3-4,6,8-10,12,14-15,20-21,26-28,31,34,37,39,41-43,45,47-66H2,1-2H3/b7-5-,13-11-,18-16-,19-17-,24-22-,25-23-,30-29-,33-32-,36-35-,40-38-,46-44-. The summed E-state index contributed by atoms with van der Waals surface area (Å²) in [5.41, 5.74) is 0. The summed E-state index contributed by atoms with van der Waals surface area (Å²) in [6.07, 6.45) is 94.3. The first-order chi connectivity index (χ1) is 36.6. The molecule has 0 spiro atoms. The summed E-state index contributed by atoms with van der Waals surface area (Å²) in [4.78, 5) is 24.6. The van der Waals surface area contributed by atoms with Gasteiger partial charge in [0.2, 0.25) is 0 Å². The van der Waals surface area contributed by atoms with Gasteiger partial charge < -0.3 is 14.6 Å². The Morgan fingerprint density at radius 2 is 0.581 bits per heavy atom. The number of ether oxygens (including phenoxy) is 2. The maximum atomic E-state index is 12.3. The molecule has 0 heterocycles. The molecule has 74 heavy (non-hydrogen) atoms. The number of aliphatic hydroxyl groups excluding tert-OH is 1. The number of rotatable bonds is 55. The molecule has 0 aromatic heterocycles. The monoisotopic (exact) mass is 1020 g/mol. The van der Waals surface area contributed by atoms with Crippen molar-refractivity contribution in [3.05, 3.63) is 134 Å². The van der Waals surface area contributed by atoms with E-state index in [0.29, 0.717) is 12.8 Å². The van der Waals surface area contributed by atoms with Crippen LogP contribution in [0.3, 0.4) is 0 Å². The maximum absolute atomic E-state index is 12.3. The molecule has 0 aliphatic carbocycles. The molecular weight excluding hydrogens is 909 g/mol. The van der Waals surface area contributed by atoms with Gasteiger partial charge in [-0.15, -0.1) is 0 Å². The molecule has 0 amide bonds. The Labute approximate surface area is 457 Å². The lowest BCUT2D eigenvalue weighted by Crippen LogP contribution is -2.28. The zero-order valence-corrected chi connectivity index (χ0v) is 48.1. The maximum Gasteiger partial charge on any atom is 0.306 e. The lowest BCUT2D eigenvalue weighted by atomic mass is 10.0. The second-order valence-corrected chi connectivity index (χ2v) is 20.0. The molecule has 5 heteroatoms. The van der Waals surface area contributed by atoms with Crippen LogP contribution in [0, 0.1) is 0 Å². The van der Waals surface area contributed by atoms with Crippen LogP contribution in [-0.2, 0) is 19.1 Å². The van der Waals surface area contributed by atoms with E-state index in [0.717, 1.165) is 109 Å². The van der Waals surface area contributed by atoms with Gasteiger partial charge >= 0.3 is 11.9 Å². The minimum absolute atomic E-state index is 0.0772. The molecule has 0 radical (unpaired) electrons. The molecule has 1 atom stereocenters. The molecule has 0 fully saturated rings. The number of carbonyl (C=O) groups excluding carboxylic acids is 2. The molecule has 0 aromatic carbocycles. The fourth-order valence-electron chi connectivity index (χ4n) is 8.34. The average molecular weight is 1020 g/mol. The van der Waals surface area contributed by atoms with Crippen LogP contribution in [0.25, 0.3) is 0 Å². The number of esters is 2. The van der Waals surface area contributed by atoms with E-state index < -0.39 is 6.10 Å². The third kappa shape index (κ3) is 60.6. The molecule has 0 saturated carbocycles. The van der Waals surface area contributed by atoms with Crippen molar-refractivity contribution in [1.82, 2.24) is 0 Å². The predicted molar refractivity (Wildman–Crippen MR) is 324 cm³/mol. The third-order valence-electron chi connectivity index (χ3n) is 12.9. The molecule has 1 N–H and O–H groups in total. The summed E-state index contributed by atoms with van der Waals surface area (Å²) in [6.45, 7) is 4.02. The fourth-order valence-corrected chi connectivity index (χ4v) is 8.34. The molecular formula is C69H114O5. The molecule has 0 aliphatic heterocycles. The van der Waals surface area contributed by atoms with Gasteiger partial charge in [0.15, 0.2) is 6.10 Å². The van der Waals surface area contributed by atoms with E-state index in [2.05, 4.69) is 148 Å². The van der Waals surface area contributed by atoms with Gasteiger partial charge in [0.05, 0.1) is 6.61 Å². The summed E-state index contributed by atoms with van der Waals surface area (Å²) in [7, 11) is 0. The van der Waals surface area contributed by atoms with E-state index in [4.69, 9.17) is 9.47 Å². The van der Waals surface area contributed by atoms with Crippen molar-refractivity contribution in [2.75, 3.05) is 13.2 Å². The van der Waals surface area contributed by atoms with Crippen molar-refractivity contribution in [1.29, 1.82) is 0 Å². The van der Waals surface area contributed by atoms with Gasteiger partial charge in [-0.2, -0.15) is 0 Å². The highest BCUT2D eigenvalue weighted by atomic mass is 16.6. The Hall–Kier alpha value is -3.96. The highest BCUT2D eigenvalue weighted by Crippen LogP contribution is 2.15. The van der Waals surface area contributed by atoms with Crippen LogP contribution in [0.4, 0.5) is 0 Å². The van der Waals surface area contributed by atoms with Crippen LogP contribution >= 0.6 is 0 Å². The summed E-state index contributed by atoms with van der Waals surface area (Å²) >= 11 is 0. The second kappa shape index (κ2) is 63.3. The lowest BCUT2D eigenvalue weighted by Gasteiger charge is -2.15. The summed E-state index contributed by atoms with van der Waals surface area (Å²) in [6, 6.07) is 0. The van der Waals surface area contributed by atoms with Gasteiger partial charge in [0.1, 0.15) is 6.61 Å². The largest absolute Gasteiger partial charge is 0.462 e. The number of hydrogen-bond donors (Lipinski definition) is 1. The molecule has 1 unspecified atom stereocenters. The van der Waals surface area contributed by atoms with Gasteiger partial charge in [-0.1, -0.05) is 276 Å². The van der Waals surface area contributed by atoms with Crippen LogP contribution in [0.5, 0.6) is 0 Å². The molecule has 0 aliphatic rings. The highest BCUT2D eigenvalue weighted by molar-refractivity contribution is 5.70. The molecule has 5 nitrogen and oxygen atoms in total. The summed E-state index contributed by atoms with van der Waals surface area (Å²) < 4.78 is 10.7. The van der Waals surface area contributed by atoms with Crippen LogP contribution in [-0.4, -0.2) is 36.4 Å². The van der Waals surface area contributed by atoms with Gasteiger partial charge in [0, 0.05) is 12.8 Å². The predicted octanol–water partition coefficient (Wildman–Crippen LogP) is 21.2. The molecule has 0 rings (SSSR count). The van der Waals surface area contributed by atoms with E-state index >= 15 is 0 Å². The Balaban J connectivity index is 3.58. The zero-order valence-electron chi connectivity index (χ0n) is 48.1. The first-order valence-corrected chi connectivity index (χ1v) is 30.7. The minimum atomic E-state index is -0.789. The summed E-state index contributed by atoms with van der Waals surface area (Å²) in [5, 5.41) is 9.67. The van der Waals surface area contributed by atoms with Gasteiger partial charge in [-0.3, -0.25) is 9.59 Å². The number of carbonyl (C=O) groups is 2. The third-order valence-corrected chi connectivity index (χ3v) is 12.9. The van der Waals surface area contributed by atoms with Crippen molar-refractivity contribution < 1.29 is 24.2 Å². The average Bonchev–Trinajstić information content (AvgIpc) is 3.40. The Bertz CT molecular complexity index is 1530. The van der Waals surface area contributed by atoms with Crippen LogP contribution in [0.15, 0.2) is 134 Å². The minimum Gasteiger partial charge on any atom is -0.462 e. The molecule has 0 saturated heterocycles. The van der Waals surface area contributed by atoms with E-state index in [9.17, 15) is 14.7 Å². The van der Waals surface area contributed by atoms with E-state index in [1.54, 1.807) is 0 Å². The number of hydrogen-bond acceptors (Lipinski definition) is 5. The second-order valence-electron chi connectivity index (χ2n) is 20.0. The number of unbranched alkanes of at least 4 members (excludes halogenated alkanes) is 25. The van der Waals surface area contributed by atoms with Crippen molar-refractivity contribution >= 4 is 11.9 Å². The molecule has 0 aromatic rings. The van der Waals surface area contributed by atoms with Gasteiger partial charge in [-0.05, 0) is 116 Å². The lowest BCUT2D eigenvalue weighted by molar-refractivity contribution is -0.161. The Morgan fingerprint density at radius 1 is 0.324 bits per heavy atom. The highest BCUT2D eigenvalue weighted by Gasteiger charge is 2.16. The Morgan fingerprint density at radius 3 is 0.878 bits per heavy atom. The SMILES string of the molecule is CC/C=C\C/C=C\C/C=C\C/C=C\C/C=C\C/C=C\C/C=C\C/C=C\C/C=C\CCCCCCCCCC(=O)OC(CO)COC(=O)CCCCCCCCCCCCCCC/C=C\C/C=C\CCCCCCC. The van der Waals surface area contributed by atoms with Crippen LogP contribution in [0.2, 0.25) is 0 Å². The van der Waals surface area contributed by atoms with Crippen molar-refractivity contribution in [3.8, 4) is 0 Å². The first kappa shape index (κ1) is 70.0. The van der Waals surface area contributed by atoms with Gasteiger partial charge in [0.25, 0.3) is 0 Å². The smallest absolute Gasteiger partial charge is 0.306 e. The Kier molecular flexibility index (Phi) is 59.9. The number of aliphatic hydroxyl groups is 1.